The summed E-state index contributed by atoms with van der Waals surface area (Å²) in [4.78, 5) is 0. The minimum Gasteiger partial charge on any atom is -0.192 e. The highest BCUT2D eigenvalue weighted by molar-refractivity contribution is 5.61. The van der Waals surface area contributed by atoms with Gasteiger partial charge in [0.05, 0.1) is 11.6 Å². The van der Waals surface area contributed by atoms with Crippen molar-refractivity contribution in [2.75, 3.05) is 0 Å². The van der Waals surface area contributed by atoms with Crippen LogP contribution in [0.4, 0.5) is 0 Å². The van der Waals surface area contributed by atoms with Gasteiger partial charge in [0.2, 0.25) is 0 Å². The van der Waals surface area contributed by atoms with Crippen LogP contribution >= 0.6 is 0 Å². The number of nitriles is 1. The van der Waals surface area contributed by atoms with Crippen LogP contribution in [0.1, 0.15) is 35.4 Å². The summed E-state index contributed by atoms with van der Waals surface area (Å²) < 4.78 is 0. The van der Waals surface area contributed by atoms with Gasteiger partial charge < -0.3 is 0 Å². The molecule has 0 amide bonds. The Hall–Kier alpha value is -1.55. The van der Waals surface area contributed by atoms with E-state index in [1.54, 1.807) is 6.08 Å². The molecule has 0 N–H and O–H groups in total. The highest BCUT2D eigenvalue weighted by Crippen LogP contribution is 2.42. The van der Waals surface area contributed by atoms with E-state index in [9.17, 15) is 0 Å². The zero-order valence-corrected chi connectivity index (χ0v) is 7.46. The fraction of sp³-hybridized carbons (Fsp3) is 0.250. The maximum atomic E-state index is 8.88. The largest absolute Gasteiger partial charge is 0.192 e. The lowest BCUT2D eigenvalue weighted by molar-refractivity contribution is 1.12. The Labute approximate surface area is 78.3 Å². The van der Waals surface area contributed by atoms with Gasteiger partial charge in [-0.2, -0.15) is 5.26 Å². The third kappa shape index (κ3) is 1.36. The van der Waals surface area contributed by atoms with Gasteiger partial charge in [-0.1, -0.05) is 24.8 Å². The second-order valence-corrected chi connectivity index (χ2v) is 3.40. The normalized spacial score (nSPS) is 15.0. The van der Waals surface area contributed by atoms with Crippen LogP contribution in [-0.4, -0.2) is 0 Å². The summed E-state index contributed by atoms with van der Waals surface area (Å²) in [7, 11) is 0. The van der Waals surface area contributed by atoms with Crippen LogP contribution in [0.15, 0.2) is 24.8 Å². The predicted octanol–water partition coefficient (Wildman–Crippen LogP) is 3.08. The molecule has 0 radical (unpaired) electrons. The minimum atomic E-state index is 0.682. The number of hydrogen-bond acceptors (Lipinski definition) is 1. The molecule has 1 aliphatic rings. The Morgan fingerprint density at radius 1 is 1.46 bits per heavy atom. The molecule has 0 heterocycles. The van der Waals surface area contributed by atoms with Crippen LogP contribution in [0, 0.1) is 11.3 Å². The molecule has 1 heteroatoms. The maximum Gasteiger partial charge on any atom is 0.0998 e. The molecule has 2 rings (SSSR count). The van der Waals surface area contributed by atoms with Crippen molar-refractivity contribution in [1.29, 1.82) is 5.26 Å². The molecule has 64 valence electrons. The summed E-state index contributed by atoms with van der Waals surface area (Å²) >= 11 is 0. The number of benzene rings is 1. The quantitative estimate of drug-likeness (QED) is 0.667. The molecule has 0 saturated heterocycles. The van der Waals surface area contributed by atoms with Crippen LogP contribution in [0.2, 0.25) is 0 Å². The van der Waals surface area contributed by atoms with Crippen molar-refractivity contribution in [2.45, 2.75) is 18.8 Å². The SMILES string of the molecule is C=Cc1c(C#N)cccc1C1CC1. The topological polar surface area (TPSA) is 23.8 Å². The average molecular weight is 169 g/mol. The van der Waals surface area contributed by atoms with Crippen LogP contribution < -0.4 is 0 Å². The highest BCUT2D eigenvalue weighted by atomic mass is 14.3. The van der Waals surface area contributed by atoms with Crippen molar-refractivity contribution in [1.82, 2.24) is 0 Å². The van der Waals surface area contributed by atoms with Crippen molar-refractivity contribution in [3.63, 3.8) is 0 Å². The molecular formula is C12H11N. The van der Waals surface area contributed by atoms with Gasteiger partial charge >= 0.3 is 0 Å². The van der Waals surface area contributed by atoms with Gasteiger partial charge in [-0.25, -0.2) is 0 Å². The van der Waals surface area contributed by atoms with Gasteiger partial charge in [0, 0.05) is 0 Å². The molecule has 1 nitrogen and oxygen atoms in total. The highest BCUT2D eigenvalue weighted by Gasteiger charge is 2.25. The first-order chi connectivity index (χ1) is 6.36. The third-order valence-corrected chi connectivity index (χ3v) is 2.48. The molecule has 0 unspecified atom stereocenters. The van der Waals surface area contributed by atoms with Crippen LogP contribution in [0.3, 0.4) is 0 Å². The molecule has 13 heavy (non-hydrogen) atoms. The second kappa shape index (κ2) is 3.06. The van der Waals surface area contributed by atoms with Gasteiger partial charge in [-0.3, -0.25) is 0 Å². The molecule has 0 atom stereocenters. The molecule has 1 saturated carbocycles. The second-order valence-electron chi connectivity index (χ2n) is 3.40. The van der Waals surface area contributed by atoms with Gasteiger partial charge in [-0.05, 0) is 36.0 Å². The summed E-state index contributed by atoms with van der Waals surface area (Å²) in [6, 6.07) is 8.11. The Morgan fingerprint density at radius 3 is 2.77 bits per heavy atom. The minimum absolute atomic E-state index is 0.682. The van der Waals surface area contributed by atoms with E-state index in [2.05, 4.69) is 18.7 Å². The number of nitrogens with zero attached hydrogens (tertiary/aromatic N) is 1. The summed E-state index contributed by atoms with van der Waals surface area (Å²) in [5, 5.41) is 8.88. The van der Waals surface area contributed by atoms with Gasteiger partial charge in [0.15, 0.2) is 0 Å². The Morgan fingerprint density at radius 2 is 2.23 bits per heavy atom. The third-order valence-electron chi connectivity index (χ3n) is 2.48. The van der Waals surface area contributed by atoms with Crippen molar-refractivity contribution >= 4 is 6.08 Å². The Kier molecular flexibility index (Phi) is 1.90. The van der Waals surface area contributed by atoms with E-state index in [1.165, 1.54) is 18.4 Å². The first kappa shape index (κ1) is 8.07. The van der Waals surface area contributed by atoms with E-state index < -0.39 is 0 Å². The van der Waals surface area contributed by atoms with Crippen molar-refractivity contribution < 1.29 is 0 Å². The molecule has 1 aromatic rings. The molecule has 0 spiro atoms. The molecule has 1 aromatic carbocycles. The van der Waals surface area contributed by atoms with Crippen molar-refractivity contribution in [3.8, 4) is 6.07 Å². The van der Waals surface area contributed by atoms with E-state index >= 15 is 0 Å². The molecule has 0 aliphatic heterocycles. The van der Waals surface area contributed by atoms with Crippen LogP contribution in [0.5, 0.6) is 0 Å². The van der Waals surface area contributed by atoms with Crippen molar-refractivity contribution in [2.24, 2.45) is 0 Å². The molecule has 0 aromatic heterocycles. The lowest BCUT2D eigenvalue weighted by Gasteiger charge is -2.05. The maximum absolute atomic E-state index is 8.88. The lowest BCUT2D eigenvalue weighted by Crippen LogP contribution is -1.89. The summed E-state index contributed by atoms with van der Waals surface area (Å²) in [6.07, 6.45) is 4.32. The first-order valence-electron chi connectivity index (χ1n) is 4.52. The van der Waals surface area contributed by atoms with E-state index in [-0.39, 0.29) is 0 Å². The zero-order chi connectivity index (χ0) is 9.26. The smallest absolute Gasteiger partial charge is 0.0998 e. The lowest BCUT2D eigenvalue weighted by atomic mass is 9.98. The van der Waals surface area contributed by atoms with Gasteiger partial charge in [-0.15, -0.1) is 0 Å². The fourth-order valence-corrected chi connectivity index (χ4v) is 1.66. The monoisotopic (exact) mass is 169 g/mol. The zero-order valence-electron chi connectivity index (χ0n) is 7.46. The number of rotatable bonds is 2. The summed E-state index contributed by atoms with van der Waals surface area (Å²) in [5.41, 5.74) is 3.08. The summed E-state index contributed by atoms with van der Waals surface area (Å²) in [6.45, 7) is 3.76. The van der Waals surface area contributed by atoms with E-state index in [0.717, 1.165) is 11.1 Å². The van der Waals surface area contributed by atoms with Crippen molar-refractivity contribution in [3.05, 3.63) is 41.5 Å². The fourth-order valence-electron chi connectivity index (χ4n) is 1.66. The molecule has 1 aliphatic carbocycles. The average Bonchev–Trinajstić information content (AvgIpc) is 2.99. The molecule has 1 fully saturated rings. The standard InChI is InChI=1S/C12H11N/c1-2-11-10(8-13)4-3-5-12(11)9-6-7-9/h2-5,9H,1,6-7H2. The van der Waals surface area contributed by atoms with E-state index in [1.807, 2.05) is 12.1 Å². The van der Waals surface area contributed by atoms with E-state index in [4.69, 9.17) is 5.26 Å². The van der Waals surface area contributed by atoms with Crippen LogP contribution in [-0.2, 0) is 0 Å². The molecular weight excluding hydrogens is 158 g/mol. The number of hydrogen-bond donors (Lipinski definition) is 0. The van der Waals surface area contributed by atoms with E-state index in [0.29, 0.717) is 5.92 Å². The Bertz CT molecular complexity index is 381. The van der Waals surface area contributed by atoms with Gasteiger partial charge in [0.25, 0.3) is 0 Å². The molecule has 0 bridgehead atoms. The van der Waals surface area contributed by atoms with Gasteiger partial charge in [0.1, 0.15) is 0 Å². The van der Waals surface area contributed by atoms with Crippen LogP contribution in [0.25, 0.3) is 6.08 Å². The Balaban J connectivity index is 2.55. The first-order valence-corrected chi connectivity index (χ1v) is 4.52. The summed E-state index contributed by atoms with van der Waals surface area (Å²) in [5.74, 6) is 0.682. The predicted molar refractivity (Wildman–Crippen MR) is 53.2 cm³/mol.